The fourth-order valence-corrected chi connectivity index (χ4v) is 4.64. The molecule has 31 heavy (non-hydrogen) atoms. The normalized spacial score (nSPS) is 17.5. The monoisotopic (exact) mass is 423 g/mol. The summed E-state index contributed by atoms with van der Waals surface area (Å²) in [6.45, 7) is 12.7. The van der Waals surface area contributed by atoms with E-state index in [1.54, 1.807) is 0 Å². The SMILES string of the molecule is Cc1ccc(C(C)C)c(OCCCN2C(=O)C3(OCCCO3)c3cc(C)cc(C)c32)c1. The third-order valence-corrected chi connectivity index (χ3v) is 6.07. The Hall–Kier alpha value is -2.37. The van der Waals surface area contributed by atoms with Crippen molar-refractivity contribution in [3.8, 4) is 5.75 Å². The lowest BCUT2D eigenvalue weighted by Crippen LogP contribution is -2.47. The number of benzene rings is 2. The van der Waals surface area contributed by atoms with Crippen LogP contribution in [0.1, 0.15) is 60.4 Å². The maximum absolute atomic E-state index is 13.5. The van der Waals surface area contributed by atoms with Crippen LogP contribution in [-0.2, 0) is 20.1 Å². The molecule has 2 heterocycles. The topological polar surface area (TPSA) is 48.0 Å². The van der Waals surface area contributed by atoms with Gasteiger partial charge in [-0.2, -0.15) is 0 Å². The first kappa shape index (κ1) is 21.8. The summed E-state index contributed by atoms with van der Waals surface area (Å²) >= 11 is 0. The zero-order valence-electron chi connectivity index (χ0n) is 19.3. The smallest absolute Gasteiger partial charge is 0.292 e. The molecule has 0 atom stereocenters. The Kier molecular flexibility index (Phi) is 6.09. The number of aryl methyl sites for hydroxylation is 3. The van der Waals surface area contributed by atoms with Gasteiger partial charge in [0.25, 0.3) is 11.7 Å². The summed E-state index contributed by atoms with van der Waals surface area (Å²) in [6, 6.07) is 10.5. The Morgan fingerprint density at radius 3 is 2.52 bits per heavy atom. The van der Waals surface area contributed by atoms with Gasteiger partial charge in [-0.3, -0.25) is 4.79 Å². The van der Waals surface area contributed by atoms with Crippen LogP contribution in [0.5, 0.6) is 5.75 Å². The number of carbonyl (C=O) groups is 1. The highest BCUT2D eigenvalue weighted by Gasteiger charge is 2.55. The van der Waals surface area contributed by atoms with Gasteiger partial charge in [-0.05, 0) is 68.4 Å². The quantitative estimate of drug-likeness (QED) is 0.604. The first-order chi connectivity index (χ1) is 14.8. The van der Waals surface area contributed by atoms with E-state index in [0.29, 0.717) is 32.3 Å². The van der Waals surface area contributed by atoms with Crippen molar-refractivity contribution in [3.05, 3.63) is 58.1 Å². The molecule has 5 nitrogen and oxygen atoms in total. The van der Waals surface area contributed by atoms with Gasteiger partial charge in [-0.25, -0.2) is 0 Å². The highest BCUT2D eigenvalue weighted by Crippen LogP contribution is 2.47. The van der Waals surface area contributed by atoms with E-state index < -0.39 is 5.79 Å². The summed E-state index contributed by atoms with van der Waals surface area (Å²) in [5.41, 5.74) is 6.34. The first-order valence-electron chi connectivity index (χ1n) is 11.3. The average molecular weight is 424 g/mol. The molecule has 1 spiro atoms. The predicted octanol–water partition coefficient (Wildman–Crippen LogP) is 5.14. The van der Waals surface area contributed by atoms with Gasteiger partial charge in [0, 0.05) is 12.1 Å². The van der Waals surface area contributed by atoms with E-state index in [-0.39, 0.29) is 5.91 Å². The van der Waals surface area contributed by atoms with Crippen LogP contribution in [0.3, 0.4) is 0 Å². The lowest BCUT2D eigenvalue weighted by atomic mass is 10.00. The standard InChI is InChI=1S/C26H33NO4/c1-17(2)21-9-8-18(3)16-23(21)29-11-6-10-27-24-20(5)14-19(4)15-22(24)26(25(27)28)30-12-7-13-31-26/h8-9,14-17H,6-7,10-13H2,1-5H3. The highest BCUT2D eigenvalue weighted by molar-refractivity contribution is 6.07. The van der Waals surface area contributed by atoms with Crippen molar-refractivity contribution < 1.29 is 19.0 Å². The summed E-state index contributed by atoms with van der Waals surface area (Å²) in [6.07, 6.45) is 1.53. The third-order valence-electron chi connectivity index (χ3n) is 6.07. The number of carbonyl (C=O) groups excluding carboxylic acids is 1. The first-order valence-corrected chi connectivity index (χ1v) is 11.3. The molecule has 0 aliphatic carbocycles. The zero-order valence-corrected chi connectivity index (χ0v) is 19.3. The van der Waals surface area contributed by atoms with E-state index in [1.807, 2.05) is 24.8 Å². The van der Waals surface area contributed by atoms with Gasteiger partial charge in [0.05, 0.1) is 25.5 Å². The Labute approximate surface area is 185 Å². The molecule has 1 saturated heterocycles. The second-order valence-electron chi connectivity index (χ2n) is 9.00. The Balaban J connectivity index is 1.51. The molecule has 0 saturated carbocycles. The molecular weight excluding hydrogens is 390 g/mol. The predicted molar refractivity (Wildman–Crippen MR) is 122 cm³/mol. The van der Waals surface area contributed by atoms with Crippen LogP contribution in [0.4, 0.5) is 5.69 Å². The number of hydrogen-bond donors (Lipinski definition) is 0. The molecule has 0 unspecified atom stereocenters. The average Bonchev–Trinajstić information content (AvgIpc) is 2.94. The van der Waals surface area contributed by atoms with Crippen molar-refractivity contribution in [1.82, 2.24) is 0 Å². The molecule has 1 fully saturated rings. The molecule has 2 aliphatic heterocycles. The van der Waals surface area contributed by atoms with Crippen molar-refractivity contribution in [2.24, 2.45) is 0 Å². The van der Waals surface area contributed by atoms with E-state index in [2.05, 4.69) is 45.0 Å². The number of amides is 1. The summed E-state index contributed by atoms with van der Waals surface area (Å²) < 4.78 is 18.1. The molecule has 166 valence electrons. The second-order valence-corrected chi connectivity index (χ2v) is 9.00. The van der Waals surface area contributed by atoms with E-state index >= 15 is 0 Å². The molecule has 0 radical (unpaired) electrons. The van der Waals surface area contributed by atoms with E-state index in [4.69, 9.17) is 14.2 Å². The van der Waals surface area contributed by atoms with Gasteiger partial charge >= 0.3 is 0 Å². The summed E-state index contributed by atoms with van der Waals surface area (Å²) in [4.78, 5) is 15.3. The molecule has 0 aromatic heterocycles. The number of nitrogens with zero attached hydrogens (tertiary/aromatic N) is 1. The van der Waals surface area contributed by atoms with Gasteiger partial charge in [0.2, 0.25) is 0 Å². The van der Waals surface area contributed by atoms with E-state index in [9.17, 15) is 4.79 Å². The van der Waals surface area contributed by atoms with Gasteiger partial charge < -0.3 is 19.1 Å². The molecule has 2 aliphatic rings. The Morgan fingerprint density at radius 1 is 1.06 bits per heavy atom. The molecular formula is C26H33NO4. The second kappa shape index (κ2) is 8.64. The molecule has 0 N–H and O–H groups in total. The minimum absolute atomic E-state index is 0.116. The van der Waals surface area contributed by atoms with Crippen LogP contribution in [-0.4, -0.2) is 32.3 Å². The van der Waals surface area contributed by atoms with Crippen LogP contribution in [0.2, 0.25) is 0 Å². The van der Waals surface area contributed by atoms with Crippen LogP contribution >= 0.6 is 0 Å². The number of anilines is 1. The van der Waals surface area contributed by atoms with Crippen LogP contribution in [0, 0.1) is 20.8 Å². The van der Waals surface area contributed by atoms with Crippen molar-refractivity contribution in [2.75, 3.05) is 31.3 Å². The van der Waals surface area contributed by atoms with E-state index in [0.717, 1.165) is 41.0 Å². The minimum Gasteiger partial charge on any atom is -0.493 e. The molecule has 5 heteroatoms. The fraction of sp³-hybridized carbons (Fsp3) is 0.500. The van der Waals surface area contributed by atoms with E-state index in [1.165, 1.54) is 11.1 Å². The number of fused-ring (bicyclic) bond motifs is 2. The van der Waals surface area contributed by atoms with Crippen LogP contribution in [0.25, 0.3) is 0 Å². The molecule has 4 rings (SSSR count). The van der Waals surface area contributed by atoms with Crippen molar-refractivity contribution in [2.45, 2.75) is 59.2 Å². The highest BCUT2D eigenvalue weighted by atomic mass is 16.7. The van der Waals surface area contributed by atoms with Crippen molar-refractivity contribution in [1.29, 1.82) is 0 Å². The lowest BCUT2D eigenvalue weighted by Gasteiger charge is -2.32. The van der Waals surface area contributed by atoms with Gasteiger partial charge in [0.1, 0.15) is 5.75 Å². The Morgan fingerprint density at radius 2 is 1.81 bits per heavy atom. The lowest BCUT2D eigenvalue weighted by molar-refractivity contribution is -0.256. The molecule has 2 aromatic carbocycles. The van der Waals surface area contributed by atoms with Gasteiger partial charge in [0.15, 0.2) is 0 Å². The molecule has 0 bridgehead atoms. The molecule has 1 amide bonds. The van der Waals surface area contributed by atoms with Crippen molar-refractivity contribution in [3.63, 3.8) is 0 Å². The Bertz CT molecular complexity index is 976. The minimum atomic E-state index is -1.29. The fourth-order valence-electron chi connectivity index (χ4n) is 4.64. The number of rotatable bonds is 6. The number of ether oxygens (including phenoxy) is 3. The maximum atomic E-state index is 13.5. The number of hydrogen-bond acceptors (Lipinski definition) is 4. The van der Waals surface area contributed by atoms with Gasteiger partial charge in [-0.15, -0.1) is 0 Å². The maximum Gasteiger partial charge on any atom is 0.292 e. The van der Waals surface area contributed by atoms with Crippen molar-refractivity contribution >= 4 is 11.6 Å². The summed E-state index contributed by atoms with van der Waals surface area (Å²) in [5, 5.41) is 0. The third kappa shape index (κ3) is 3.97. The largest absolute Gasteiger partial charge is 0.493 e. The zero-order chi connectivity index (χ0) is 22.2. The van der Waals surface area contributed by atoms with Crippen LogP contribution < -0.4 is 9.64 Å². The van der Waals surface area contributed by atoms with Gasteiger partial charge in [-0.1, -0.05) is 37.6 Å². The summed E-state index contributed by atoms with van der Waals surface area (Å²) in [7, 11) is 0. The van der Waals surface area contributed by atoms with Crippen LogP contribution in [0.15, 0.2) is 30.3 Å². The summed E-state index contributed by atoms with van der Waals surface area (Å²) in [5.74, 6) is -0.0688. The molecule has 2 aromatic rings.